The molecule has 159 valence electrons. The van der Waals surface area contributed by atoms with Crippen molar-refractivity contribution < 1.29 is 51.6 Å². The Morgan fingerprint density at radius 1 is 0.774 bits per heavy atom. The first-order valence-corrected chi connectivity index (χ1v) is 9.72. The maximum absolute atomic E-state index is 9.99. The standard InChI is InChI=1S/C14H15.C13H12O.2ClH.Ti/c1-10-9-11(2)14(12(10)3)13-7-5-4-6-8-13;14-13(11-7-3-1-4-8-11)12-9-5-2-6-10-12;;;/h4-7,9,11H,1-3H3;1-10,13-14H;2*1H;/q-1;;;;+3/p-2. The number of aliphatic hydroxyl groups excluding tert-OH is 1. The van der Waals surface area contributed by atoms with Crippen molar-refractivity contribution in [3.05, 3.63) is 125 Å². The van der Waals surface area contributed by atoms with Crippen molar-refractivity contribution in [2.45, 2.75) is 26.9 Å². The predicted molar refractivity (Wildman–Crippen MR) is 118 cm³/mol. The van der Waals surface area contributed by atoms with Crippen LogP contribution in [0.4, 0.5) is 0 Å². The Bertz CT molecular complexity index is 915. The summed E-state index contributed by atoms with van der Waals surface area (Å²) in [5.74, 6) is 0.536. The molecule has 0 amide bonds. The number of hydrogen-bond donors (Lipinski definition) is 1. The van der Waals surface area contributed by atoms with E-state index >= 15 is 0 Å². The molecular weight excluding hydrogens is 459 g/mol. The summed E-state index contributed by atoms with van der Waals surface area (Å²) in [5.41, 5.74) is 7.36. The second-order valence-electron chi connectivity index (χ2n) is 7.18. The molecule has 0 heterocycles. The first kappa shape index (κ1) is 29.4. The van der Waals surface area contributed by atoms with Gasteiger partial charge in [0.2, 0.25) is 0 Å². The van der Waals surface area contributed by atoms with E-state index in [9.17, 15) is 5.11 Å². The fourth-order valence-corrected chi connectivity index (χ4v) is 3.61. The Morgan fingerprint density at radius 2 is 1.26 bits per heavy atom. The molecule has 1 aliphatic rings. The van der Waals surface area contributed by atoms with Crippen LogP contribution in [0.1, 0.15) is 43.6 Å². The second-order valence-corrected chi connectivity index (χ2v) is 7.18. The maximum atomic E-state index is 9.99. The number of benzene rings is 3. The maximum Gasteiger partial charge on any atom is 3.00 e. The van der Waals surface area contributed by atoms with Crippen LogP contribution in [0.2, 0.25) is 0 Å². The third kappa shape index (κ3) is 7.79. The van der Waals surface area contributed by atoms with E-state index in [1.54, 1.807) is 0 Å². The van der Waals surface area contributed by atoms with Gasteiger partial charge in [0, 0.05) is 0 Å². The van der Waals surface area contributed by atoms with Crippen molar-refractivity contribution >= 4 is 5.57 Å². The van der Waals surface area contributed by atoms with Crippen molar-refractivity contribution in [3.8, 4) is 0 Å². The summed E-state index contributed by atoms with van der Waals surface area (Å²) in [5, 5.41) is 9.99. The van der Waals surface area contributed by atoms with Gasteiger partial charge < -0.3 is 29.9 Å². The van der Waals surface area contributed by atoms with Gasteiger partial charge in [-0.15, -0.1) is 41.5 Å². The van der Waals surface area contributed by atoms with E-state index < -0.39 is 6.10 Å². The Labute approximate surface area is 214 Å². The van der Waals surface area contributed by atoms with Gasteiger partial charge in [0.1, 0.15) is 6.10 Å². The van der Waals surface area contributed by atoms with Crippen molar-refractivity contribution in [2.24, 2.45) is 5.92 Å². The van der Waals surface area contributed by atoms with Gasteiger partial charge in [0.15, 0.2) is 0 Å². The molecule has 0 aromatic heterocycles. The number of allylic oxidation sites excluding steroid dienone is 4. The van der Waals surface area contributed by atoms with E-state index in [0.717, 1.165) is 11.1 Å². The van der Waals surface area contributed by atoms with E-state index in [-0.39, 0.29) is 46.5 Å². The Kier molecular flexibility index (Phi) is 13.7. The van der Waals surface area contributed by atoms with Crippen LogP contribution in [0.5, 0.6) is 0 Å². The zero-order valence-electron chi connectivity index (χ0n) is 18.0. The minimum absolute atomic E-state index is 0. The van der Waals surface area contributed by atoms with Crippen LogP contribution in [0.3, 0.4) is 0 Å². The number of rotatable bonds is 3. The van der Waals surface area contributed by atoms with Crippen molar-refractivity contribution in [1.29, 1.82) is 0 Å². The van der Waals surface area contributed by atoms with Crippen LogP contribution in [-0.2, 0) is 21.7 Å². The Hall–Kier alpha value is -1.61. The van der Waals surface area contributed by atoms with Crippen LogP contribution in [0.15, 0.2) is 102 Å². The predicted octanol–water partition coefficient (Wildman–Crippen LogP) is 0.630. The molecule has 1 aliphatic carbocycles. The number of halogens is 2. The molecule has 1 atom stereocenters. The smallest absolute Gasteiger partial charge is 1.00 e. The Balaban J connectivity index is 0.000000529. The molecule has 0 saturated carbocycles. The first-order chi connectivity index (χ1) is 13.6. The quantitative estimate of drug-likeness (QED) is 0.426. The topological polar surface area (TPSA) is 20.2 Å². The van der Waals surface area contributed by atoms with E-state index in [1.807, 2.05) is 72.8 Å². The molecule has 0 spiro atoms. The van der Waals surface area contributed by atoms with Gasteiger partial charge >= 0.3 is 21.7 Å². The van der Waals surface area contributed by atoms with Gasteiger partial charge in [-0.05, 0) is 30.9 Å². The second kappa shape index (κ2) is 14.5. The molecule has 0 fully saturated rings. The molecule has 4 heteroatoms. The molecule has 1 unspecified atom stereocenters. The Morgan fingerprint density at radius 3 is 1.65 bits per heavy atom. The van der Waals surface area contributed by atoms with Gasteiger partial charge in [-0.2, -0.15) is 0 Å². The summed E-state index contributed by atoms with van der Waals surface area (Å²) in [4.78, 5) is 0. The molecule has 1 nitrogen and oxygen atoms in total. The van der Waals surface area contributed by atoms with Gasteiger partial charge in [-0.25, -0.2) is 0 Å². The fourth-order valence-electron chi connectivity index (χ4n) is 3.61. The molecule has 31 heavy (non-hydrogen) atoms. The molecule has 1 radical (unpaired) electrons. The molecular formula is C27H27Cl2OTi. The summed E-state index contributed by atoms with van der Waals surface area (Å²) in [6.07, 6.45) is 1.81. The molecule has 0 aliphatic heterocycles. The molecule has 4 rings (SSSR count). The van der Waals surface area contributed by atoms with Crippen LogP contribution in [0, 0.1) is 12.0 Å². The van der Waals surface area contributed by atoms with Gasteiger partial charge in [0.25, 0.3) is 0 Å². The van der Waals surface area contributed by atoms with Gasteiger partial charge in [0.05, 0.1) is 0 Å². The average Bonchev–Trinajstić information content (AvgIpc) is 3.01. The first-order valence-electron chi connectivity index (χ1n) is 9.72. The average molecular weight is 486 g/mol. The molecule has 3 aromatic rings. The normalized spacial score (nSPS) is 14.4. The van der Waals surface area contributed by atoms with Crippen molar-refractivity contribution in [3.63, 3.8) is 0 Å². The van der Waals surface area contributed by atoms with Crippen LogP contribution in [0.25, 0.3) is 5.57 Å². The third-order valence-corrected chi connectivity index (χ3v) is 5.18. The van der Waals surface area contributed by atoms with Crippen LogP contribution in [-0.4, -0.2) is 5.11 Å². The van der Waals surface area contributed by atoms with Gasteiger partial charge in [-0.1, -0.05) is 84.8 Å². The molecule has 3 aromatic carbocycles. The van der Waals surface area contributed by atoms with Crippen molar-refractivity contribution in [1.82, 2.24) is 0 Å². The SMILES string of the molecule is CC1=CC(C)C(c2[c-]cccc2)=C1C.OC(c1ccccc1)c1ccccc1.[Cl-].[Cl-].[Ti+3]. The summed E-state index contributed by atoms with van der Waals surface area (Å²) in [6.45, 7) is 6.63. The minimum Gasteiger partial charge on any atom is -1.00 e. The third-order valence-electron chi connectivity index (χ3n) is 5.18. The zero-order valence-corrected chi connectivity index (χ0v) is 21.1. The van der Waals surface area contributed by atoms with E-state index in [4.69, 9.17) is 0 Å². The van der Waals surface area contributed by atoms with Crippen LogP contribution < -0.4 is 24.8 Å². The molecule has 0 saturated heterocycles. The largest absolute Gasteiger partial charge is 3.00 e. The summed E-state index contributed by atoms with van der Waals surface area (Å²) in [7, 11) is 0. The minimum atomic E-state index is -0.516. The van der Waals surface area contributed by atoms with E-state index in [1.165, 1.54) is 22.3 Å². The monoisotopic (exact) mass is 485 g/mol. The zero-order chi connectivity index (χ0) is 19.9. The van der Waals surface area contributed by atoms with E-state index in [2.05, 4.69) is 45.0 Å². The van der Waals surface area contributed by atoms with Crippen LogP contribution >= 0.6 is 0 Å². The molecule has 0 bridgehead atoms. The van der Waals surface area contributed by atoms with Gasteiger partial charge in [-0.3, -0.25) is 0 Å². The van der Waals surface area contributed by atoms with Crippen molar-refractivity contribution in [2.75, 3.05) is 0 Å². The summed E-state index contributed by atoms with van der Waals surface area (Å²) >= 11 is 0. The number of aliphatic hydroxyl groups is 1. The number of hydrogen-bond acceptors (Lipinski definition) is 1. The van der Waals surface area contributed by atoms with E-state index in [0.29, 0.717) is 5.92 Å². The summed E-state index contributed by atoms with van der Waals surface area (Å²) < 4.78 is 0. The fraction of sp³-hybridized carbons (Fsp3) is 0.185. The summed E-state index contributed by atoms with van der Waals surface area (Å²) in [6, 6.07) is 30.8. The molecule has 1 N–H and O–H groups in total.